The third-order valence-electron chi connectivity index (χ3n) is 6.78. The number of carbonyl (C=O) groups is 2. The first kappa shape index (κ1) is 33.3. The second-order valence-corrected chi connectivity index (χ2v) is 13.1. The molecule has 2 aromatic rings. The summed E-state index contributed by atoms with van der Waals surface area (Å²) in [5.41, 5.74) is -1.10. The minimum absolute atomic E-state index is 0.0190. The van der Waals surface area contributed by atoms with Gasteiger partial charge >= 0.3 is 0 Å². The summed E-state index contributed by atoms with van der Waals surface area (Å²) in [7, 11) is -2.53. The number of nitrogens with one attached hydrogen (secondary N) is 3. The second kappa shape index (κ2) is 14.8. The number of nitrogens with zero attached hydrogens (tertiary/aromatic N) is 1. The van der Waals surface area contributed by atoms with Gasteiger partial charge in [0.1, 0.15) is 5.72 Å². The number of fused-ring (bicyclic) bond motifs is 1. The molecular weight excluding hydrogens is 560 g/mol. The van der Waals surface area contributed by atoms with Gasteiger partial charge in [-0.3, -0.25) is 9.59 Å². The van der Waals surface area contributed by atoms with E-state index < -0.39 is 22.0 Å². The molecule has 2 aromatic carbocycles. The third kappa shape index (κ3) is 9.15. The van der Waals surface area contributed by atoms with Crippen molar-refractivity contribution in [2.24, 2.45) is 11.8 Å². The molecule has 232 valence electrons. The fourth-order valence-electron chi connectivity index (χ4n) is 4.77. The highest BCUT2D eigenvalue weighted by atomic mass is 32.2. The van der Waals surface area contributed by atoms with Crippen molar-refractivity contribution in [2.75, 3.05) is 33.2 Å². The molecule has 0 bridgehead atoms. The van der Waals surface area contributed by atoms with Crippen molar-refractivity contribution in [3.8, 4) is 11.5 Å². The number of amides is 2. The molecule has 2 amide bonds. The minimum atomic E-state index is -4.21. The van der Waals surface area contributed by atoms with E-state index in [1.165, 1.54) is 12.1 Å². The summed E-state index contributed by atoms with van der Waals surface area (Å²) in [6, 6.07) is 13.6. The molecule has 11 nitrogen and oxygen atoms in total. The van der Waals surface area contributed by atoms with Crippen LogP contribution in [0.5, 0.6) is 11.5 Å². The van der Waals surface area contributed by atoms with E-state index in [4.69, 9.17) is 9.47 Å². The zero-order valence-electron chi connectivity index (χ0n) is 25.1. The lowest BCUT2D eigenvalue weighted by Crippen LogP contribution is -2.55. The summed E-state index contributed by atoms with van der Waals surface area (Å²) in [6.45, 7) is 7.97. The maximum absolute atomic E-state index is 14.1. The molecule has 0 spiro atoms. The second-order valence-electron chi connectivity index (χ2n) is 11.2. The number of hydrogen-bond acceptors (Lipinski definition) is 8. The number of aliphatic hydroxyl groups is 1. The predicted octanol–water partition coefficient (Wildman–Crippen LogP) is 2.25. The molecule has 1 aliphatic rings. The zero-order valence-corrected chi connectivity index (χ0v) is 25.9. The number of carbonyl (C=O) groups excluding carboxylic acids is 2. The van der Waals surface area contributed by atoms with Crippen LogP contribution >= 0.6 is 0 Å². The summed E-state index contributed by atoms with van der Waals surface area (Å²) in [5, 5.41) is 20.5. The highest BCUT2D eigenvalue weighted by Gasteiger charge is 2.43. The van der Waals surface area contributed by atoms with E-state index in [1.54, 1.807) is 20.0 Å². The average Bonchev–Trinajstić information content (AvgIpc) is 3.30. The Morgan fingerprint density at radius 2 is 1.71 bits per heavy atom. The van der Waals surface area contributed by atoms with Crippen LogP contribution in [0.3, 0.4) is 0 Å². The Morgan fingerprint density at radius 3 is 2.38 bits per heavy atom. The van der Waals surface area contributed by atoms with Gasteiger partial charge in [-0.2, -0.15) is 4.31 Å². The van der Waals surface area contributed by atoms with Crippen LogP contribution in [-0.2, 0) is 26.0 Å². The Bertz CT molecular complexity index is 1310. The lowest BCUT2D eigenvalue weighted by atomic mass is 9.98. The summed E-state index contributed by atoms with van der Waals surface area (Å²) < 4.78 is 40.6. The van der Waals surface area contributed by atoms with Gasteiger partial charge in [-0.15, -0.1) is 0 Å². The van der Waals surface area contributed by atoms with Crippen LogP contribution in [0.25, 0.3) is 0 Å². The predicted molar refractivity (Wildman–Crippen MR) is 159 cm³/mol. The maximum Gasteiger partial charge on any atom is 0.245 e. The van der Waals surface area contributed by atoms with Crippen molar-refractivity contribution in [1.82, 2.24) is 20.3 Å². The molecular formula is C30H44N4O7S. The van der Waals surface area contributed by atoms with Crippen LogP contribution in [0.15, 0.2) is 53.4 Å². The van der Waals surface area contributed by atoms with Crippen LogP contribution in [0, 0.1) is 11.8 Å². The largest absolute Gasteiger partial charge is 0.451 e. The number of hydrogen-bond donors (Lipinski definition) is 4. The van der Waals surface area contributed by atoms with Gasteiger partial charge in [0.2, 0.25) is 28.1 Å². The highest BCUT2D eigenvalue weighted by Crippen LogP contribution is 2.38. The lowest BCUT2D eigenvalue weighted by molar-refractivity contribution is -0.124. The fraction of sp³-hybridized carbons (Fsp3) is 0.533. The monoisotopic (exact) mass is 604 g/mol. The lowest BCUT2D eigenvalue weighted by Gasteiger charge is -2.40. The molecule has 42 heavy (non-hydrogen) atoms. The topological polar surface area (TPSA) is 146 Å². The molecule has 0 fully saturated rings. The quantitative estimate of drug-likeness (QED) is 0.214. The first-order valence-electron chi connectivity index (χ1n) is 14.3. The van der Waals surface area contributed by atoms with Gasteiger partial charge in [0.25, 0.3) is 0 Å². The fourth-order valence-corrected chi connectivity index (χ4v) is 6.62. The van der Waals surface area contributed by atoms with Crippen LogP contribution in [0.2, 0.25) is 0 Å². The van der Waals surface area contributed by atoms with E-state index in [0.717, 1.165) is 9.87 Å². The number of rotatable bonds is 16. The number of likely N-dealkylation sites (N-methyl/N-ethyl adjacent to an activating group) is 1. The van der Waals surface area contributed by atoms with Crippen molar-refractivity contribution < 1.29 is 32.6 Å². The van der Waals surface area contributed by atoms with Crippen molar-refractivity contribution in [3.63, 3.8) is 0 Å². The minimum Gasteiger partial charge on any atom is -0.451 e. The van der Waals surface area contributed by atoms with Crippen LogP contribution in [0.1, 0.15) is 46.1 Å². The zero-order chi connectivity index (χ0) is 30.9. The van der Waals surface area contributed by atoms with E-state index in [9.17, 15) is 23.1 Å². The van der Waals surface area contributed by atoms with Gasteiger partial charge in [0.05, 0.1) is 11.4 Å². The molecule has 3 atom stereocenters. The molecule has 1 heterocycles. The smallest absolute Gasteiger partial charge is 0.245 e. The van der Waals surface area contributed by atoms with Crippen molar-refractivity contribution >= 4 is 21.8 Å². The molecule has 0 aliphatic carbocycles. The normalized spacial score (nSPS) is 16.7. The molecule has 3 unspecified atom stereocenters. The molecule has 1 aliphatic heterocycles. The molecule has 12 heteroatoms. The number of ether oxygens (including phenoxy) is 2. The Kier molecular flexibility index (Phi) is 11.7. The SMILES string of the molecule is CNCC(=O)NCC(C)CC(=O)NCCC(O)(Cc1ccccc1)N(CC(C)C)S(=O)(=O)c1ccc2c(c1)OC(C)O2. The van der Waals surface area contributed by atoms with Crippen molar-refractivity contribution in [1.29, 1.82) is 0 Å². The van der Waals surface area contributed by atoms with Gasteiger partial charge in [-0.1, -0.05) is 51.1 Å². The summed E-state index contributed by atoms with van der Waals surface area (Å²) in [4.78, 5) is 24.4. The molecule has 0 saturated heterocycles. The van der Waals surface area contributed by atoms with Gasteiger partial charge in [0, 0.05) is 51.9 Å². The summed E-state index contributed by atoms with van der Waals surface area (Å²) in [5.74, 6) is 0.151. The van der Waals surface area contributed by atoms with Gasteiger partial charge in [-0.25, -0.2) is 8.42 Å². The van der Waals surface area contributed by atoms with Crippen LogP contribution in [0.4, 0.5) is 0 Å². The van der Waals surface area contributed by atoms with E-state index in [1.807, 2.05) is 51.1 Å². The molecule has 0 aromatic heterocycles. The molecule has 4 N–H and O–H groups in total. The number of sulfonamides is 1. The highest BCUT2D eigenvalue weighted by molar-refractivity contribution is 7.89. The first-order valence-corrected chi connectivity index (χ1v) is 15.7. The Labute approximate surface area is 249 Å². The average molecular weight is 605 g/mol. The van der Waals surface area contributed by atoms with Crippen molar-refractivity contribution in [2.45, 2.75) is 63.9 Å². The van der Waals surface area contributed by atoms with Crippen molar-refractivity contribution in [3.05, 3.63) is 54.1 Å². The molecule has 0 saturated carbocycles. The third-order valence-corrected chi connectivity index (χ3v) is 8.70. The summed E-state index contributed by atoms with van der Waals surface area (Å²) in [6.07, 6.45) is -0.393. The first-order chi connectivity index (χ1) is 19.8. The standard InChI is InChI=1S/C30H44N4O7S/c1-21(2)20-34(42(38,39)25-11-12-26-27(16-25)41-23(4)40-26)30(37,17-24-9-7-6-8-10-24)13-14-32-28(35)15-22(3)18-33-29(36)19-31-5/h6-12,16,21-23,31,37H,13-15,17-20H2,1-5H3,(H,32,35)(H,33,36). The van der Waals surface area contributed by atoms with E-state index in [-0.39, 0.29) is 67.4 Å². The van der Waals surface area contributed by atoms with Crippen LogP contribution < -0.4 is 25.4 Å². The van der Waals surface area contributed by atoms with E-state index in [2.05, 4.69) is 16.0 Å². The Balaban J connectivity index is 1.81. The van der Waals surface area contributed by atoms with E-state index >= 15 is 0 Å². The van der Waals surface area contributed by atoms with Gasteiger partial charge < -0.3 is 30.5 Å². The molecule has 3 rings (SSSR count). The summed E-state index contributed by atoms with van der Waals surface area (Å²) >= 11 is 0. The maximum atomic E-state index is 14.1. The van der Waals surface area contributed by atoms with Gasteiger partial charge in [-0.05, 0) is 36.6 Å². The van der Waals surface area contributed by atoms with E-state index in [0.29, 0.717) is 18.0 Å². The van der Waals surface area contributed by atoms with Crippen LogP contribution in [-0.4, -0.2) is 74.9 Å². The Hall–Kier alpha value is -3.19. The van der Waals surface area contributed by atoms with Gasteiger partial charge in [0.15, 0.2) is 11.5 Å². The number of benzene rings is 2. The Morgan fingerprint density at radius 1 is 1.02 bits per heavy atom. The molecule has 0 radical (unpaired) electrons.